The summed E-state index contributed by atoms with van der Waals surface area (Å²) in [7, 11) is 0. The molecule has 2 atom stereocenters. The third-order valence-corrected chi connectivity index (χ3v) is 3.88. The highest BCUT2D eigenvalue weighted by atomic mass is 32.1. The summed E-state index contributed by atoms with van der Waals surface area (Å²) in [5, 5.41) is 9.06. The molecular formula is C11H13FN4OS. The normalized spacial score (nSPS) is 28.0. The molecule has 2 N–H and O–H groups in total. The van der Waals surface area contributed by atoms with Crippen molar-refractivity contribution in [1.29, 1.82) is 0 Å². The Morgan fingerprint density at radius 3 is 3.17 bits per heavy atom. The Hall–Kier alpha value is -1.34. The lowest BCUT2D eigenvalue weighted by atomic mass is 10.1. The van der Waals surface area contributed by atoms with E-state index in [0.29, 0.717) is 29.4 Å². The summed E-state index contributed by atoms with van der Waals surface area (Å²) in [5.41, 5.74) is -0.0690. The molecule has 0 bridgehead atoms. The van der Waals surface area contributed by atoms with Crippen LogP contribution < -0.4 is 0 Å². The van der Waals surface area contributed by atoms with Crippen molar-refractivity contribution in [2.75, 3.05) is 6.61 Å². The number of halogens is 1. The standard InChI is InChI=1S/C11H13FN4OS/c12-11(4-17)2-1-7(3-11)16-6-15-8-9(16)13-5-14-10(8)18/h5-7,17H,1-4H2,(H,13,14,18)/t7-,11-/m0/s1. The first-order valence-electron chi connectivity index (χ1n) is 5.83. The molecule has 1 aliphatic rings. The fourth-order valence-electron chi connectivity index (χ4n) is 2.58. The third kappa shape index (κ3) is 1.74. The smallest absolute Gasteiger partial charge is 0.157 e. The molecule has 2 aromatic rings. The van der Waals surface area contributed by atoms with Gasteiger partial charge in [0.05, 0.1) is 19.3 Å². The molecule has 96 valence electrons. The summed E-state index contributed by atoms with van der Waals surface area (Å²) in [6, 6.07) is 0.000185. The number of aromatic amines is 1. The molecule has 0 spiro atoms. The number of H-pyrrole nitrogens is 1. The Morgan fingerprint density at radius 1 is 1.61 bits per heavy atom. The number of hydrogen-bond acceptors (Lipinski definition) is 4. The molecule has 5 nitrogen and oxygen atoms in total. The van der Waals surface area contributed by atoms with Gasteiger partial charge in [0.2, 0.25) is 0 Å². The average Bonchev–Trinajstić information content (AvgIpc) is 2.94. The van der Waals surface area contributed by atoms with Crippen LogP contribution in [0.3, 0.4) is 0 Å². The number of nitrogens with zero attached hydrogens (tertiary/aromatic N) is 3. The second kappa shape index (κ2) is 4.10. The molecule has 18 heavy (non-hydrogen) atoms. The van der Waals surface area contributed by atoms with E-state index in [9.17, 15) is 4.39 Å². The van der Waals surface area contributed by atoms with Crippen molar-refractivity contribution in [2.24, 2.45) is 0 Å². The Kier molecular flexibility index (Phi) is 2.67. The summed E-state index contributed by atoms with van der Waals surface area (Å²) in [6.07, 6.45) is 4.54. The predicted octanol–water partition coefficient (Wildman–Crippen LogP) is 1.91. The maximum Gasteiger partial charge on any atom is 0.157 e. The number of imidazole rings is 1. The number of nitrogens with one attached hydrogen (secondary N) is 1. The molecule has 7 heteroatoms. The van der Waals surface area contributed by atoms with Gasteiger partial charge in [0.1, 0.15) is 16.8 Å². The number of aliphatic hydroxyl groups is 1. The fraction of sp³-hybridized carbons (Fsp3) is 0.545. The fourth-order valence-corrected chi connectivity index (χ4v) is 2.79. The van der Waals surface area contributed by atoms with Crippen LogP contribution in [0.1, 0.15) is 25.3 Å². The van der Waals surface area contributed by atoms with Gasteiger partial charge in [0.15, 0.2) is 4.64 Å². The van der Waals surface area contributed by atoms with Crippen LogP contribution in [-0.2, 0) is 0 Å². The molecule has 1 fully saturated rings. The molecule has 1 saturated carbocycles. The molecule has 3 rings (SSSR count). The van der Waals surface area contributed by atoms with E-state index >= 15 is 0 Å². The van der Waals surface area contributed by atoms with Crippen molar-refractivity contribution in [3.63, 3.8) is 0 Å². The Labute approximate surface area is 108 Å². The second-order valence-electron chi connectivity index (χ2n) is 4.76. The van der Waals surface area contributed by atoms with Gasteiger partial charge in [-0.15, -0.1) is 0 Å². The Bertz CT molecular complexity index is 639. The predicted molar refractivity (Wildman–Crippen MR) is 66.5 cm³/mol. The molecule has 0 radical (unpaired) electrons. The average molecular weight is 268 g/mol. The number of alkyl halides is 1. The highest BCUT2D eigenvalue weighted by Gasteiger charge is 2.40. The zero-order valence-corrected chi connectivity index (χ0v) is 10.5. The van der Waals surface area contributed by atoms with Crippen LogP contribution in [0, 0.1) is 4.64 Å². The SMILES string of the molecule is OC[C@]1(F)CC[C@H](n2cnc3c(=S)nc[nH]c32)C1. The minimum atomic E-state index is -1.47. The maximum absolute atomic E-state index is 14.0. The first-order chi connectivity index (χ1) is 8.63. The van der Waals surface area contributed by atoms with Crippen LogP contribution in [0.4, 0.5) is 4.39 Å². The first-order valence-corrected chi connectivity index (χ1v) is 6.24. The van der Waals surface area contributed by atoms with Crippen LogP contribution in [0.2, 0.25) is 0 Å². The summed E-state index contributed by atoms with van der Waals surface area (Å²) in [6.45, 7) is -0.423. The molecule has 0 amide bonds. The monoisotopic (exact) mass is 268 g/mol. The van der Waals surface area contributed by atoms with E-state index in [1.165, 1.54) is 6.33 Å². The minimum absolute atomic E-state index is 0.000185. The molecule has 0 aliphatic heterocycles. The van der Waals surface area contributed by atoms with Crippen LogP contribution in [-0.4, -0.2) is 36.9 Å². The van der Waals surface area contributed by atoms with E-state index in [1.54, 1.807) is 6.33 Å². The van der Waals surface area contributed by atoms with Crippen molar-refractivity contribution < 1.29 is 9.50 Å². The summed E-state index contributed by atoms with van der Waals surface area (Å²) >= 11 is 5.09. The lowest BCUT2D eigenvalue weighted by molar-refractivity contribution is 0.0741. The highest BCUT2D eigenvalue weighted by Crippen LogP contribution is 2.41. The molecule has 0 saturated heterocycles. The van der Waals surface area contributed by atoms with Gasteiger partial charge in [0, 0.05) is 12.5 Å². The van der Waals surface area contributed by atoms with Crippen LogP contribution in [0.5, 0.6) is 0 Å². The largest absolute Gasteiger partial charge is 0.393 e. The quantitative estimate of drug-likeness (QED) is 0.817. The van der Waals surface area contributed by atoms with Gasteiger partial charge in [-0.3, -0.25) is 0 Å². The van der Waals surface area contributed by atoms with E-state index in [0.717, 1.165) is 5.65 Å². The van der Waals surface area contributed by atoms with Gasteiger partial charge in [0.25, 0.3) is 0 Å². The summed E-state index contributed by atoms with van der Waals surface area (Å²) in [5.74, 6) is 0. The number of hydrogen-bond donors (Lipinski definition) is 2. The molecule has 1 aliphatic carbocycles. The van der Waals surface area contributed by atoms with E-state index in [-0.39, 0.29) is 6.04 Å². The van der Waals surface area contributed by atoms with E-state index < -0.39 is 12.3 Å². The van der Waals surface area contributed by atoms with Crippen LogP contribution in [0.25, 0.3) is 11.2 Å². The minimum Gasteiger partial charge on any atom is -0.393 e. The number of rotatable bonds is 2. The van der Waals surface area contributed by atoms with Crippen molar-refractivity contribution in [1.82, 2.24) is 19.5 Å². The van der Waals surface area contributed by atoms with E-state index in [1.807, 2.05) is 4.57 Å². The zero-order chi connectivity index (χ0) is 12.8. The topological polar surface area (TPSA) is 66.7 Å². The molecule has 2 aromatic heterocycles. The van der Waals surface area contributed by atoms with Gasteiger partial charge in [-0.1, -0.05) is 12.2 Å². The highest BCUT2D eigenvalue weighted by molar-refractivity contribution is 7.71. The van der Waals surface area contributed by atoms with E-state index in [4.69, 9.17) is 17.3 Å². The van der Waals surface area contributed by atoms with Gasteiger partial charge in [-0.2, -0.15) is 0 Å². The molecule has 0 aromatic carbocycles. The summed E-state index contributed by atoms with van der Waals surface area (Å²) in [4.78, 5) is 11.2. The van der Waals surface area contributed by atoms with Gasteiger partial charge < -0.3 is 14.7 Å². The number of fused-ring (bicyclic) bond motifs is 1. The summed E-state index contributed by atoms with van der Waals surface area (Å²) < 4.78 is 16.4. The van der Waals surface area contributed by atoms with Gasteiger partial charge >= 0.3 is 0 Å². The van der Waals surface area contributed by atoms with Crippen molar-refractivity contribution in [3.8, 4) is 0 Å². The molecular weight excluding hydrogens is 255 g/mol. The number of aliphatic hydroxyl groups excluding tert-OH is 1. The molecule has 2 heterocycles. The lowest BCUT2D eigenvalue weighted by Gasteiger charge is -2.17. The van der Waals surface area contributed by atoms with Gasteiger partial charge in [-0.05, 0) is 12.8 Å². The first kappa shape index (κ1) is 11.7. The maximum atomic E-state index is 14.0. The second-order valence-corrected chi connectivity index (χ2v) is 5.15. The van der Waals surface area contributed by atoms with Crippen LogP contribution >= 0.6 is 12.2 Å². The van der Waals surface area contributed by atoms with E-state index in [2.05, 4.69) is 15.0 Å². The Balaban J connectivity index is 2.02. The van der Waals surface area contributed by atoms with Gasteiger partial charge in [-0.25, -0.2) is 14.4 Å². The Morgan fingerprint density at radius 2 is 2.44 bits per heavy atom. The van der Waals surface area contributed by atoms with Crippen molar-refractivity contribution >= 4 is 23.4 Å². The zero-order valence-electron chi connectivity index (χ0n) is 9.64. The lowest BCUT2D eigenvalue weighted by Crippen LogP contribution is -2.24. The van der Waals surface area contributed by atoms with Crippen molar-refractivity contribution in [3.05, 3.63) is 17.3 Å². The third-order valence-electron chi connectivity index (χ3n) is 3.58. The molecule has 0 unspecified atom stereocenters. The van der Waals surface area contributed by atoms with Crippen LogP contribution in [0.15, 0.2) is 12.7 Å². The number of aromatic nitrogens is 4. The van der Waals surface area contributed by atoms with Crippen molar-refractivity contribution in [2.45, 2.75) is 31.0 Å².